The lowest BCUT2D eigenvalue weighted by molar-refractivity contribution is -0.142. The predicted octanol–water partition coefficient (Wildman–Crippen LogP) is 2.74. The molecule has 0 aliphatic carbocycles. The minimum absolute atomic E-state index is 0.562. The molecule has 0 radical (unpaired) electrons. The topological polar surface area (TPSA) is 63.3 Å². The van der Waals surface area contributed by atoms with Crippen LogP contribution in [0.4, 0.5) is 0 Å². The molecule has 0 aliphatic heterocycles. The summed E-state index contributed by atoms with van der Waals surface area (Å²) in [5.41, 5.74) is 4.58. The summed E-state index contributed by atoms with van der Waals surface area (Å²) in [6.07, 6.45) is 3.74. The second-order valence-electron chi connectivity index (χ2n) is 4.77. The van der Waals surface area contributed by atoms with Gasteiger partial charge in [-0.25, -0.2) is 0 Å². The zero-order chi connectivity index (χ0) is 12.6. The summed E-state index contributed by atoms with van der Waals surface area (Å²) in [6, 6.07) is 0. The maximum atomic E-state index is 10.7. The Morgan fingerprint density at radius 1 is 1.50 bits per heavy atom. The van der Waals surface area contributed by atoms with E-state index in [9.17, 15) is 4.79 Å². The standard InChI is InChI=1S/C12H25NO2S/c1-4-10(2)9-16-8-6-5-7-12(3,13)11(14)15/h10H,4-9,13H2,1-3H3,(H,14,15). The van der Waals surface area contributed by atoms with E-state index < -0.39 is 11.5 Å². The molecule has 3 nitrogen and oxygen atoms in total. The van der Waals surface area contributed by atoms with Gasteiger partial charge in [-0.05, 0) is 37.2 Å². The van der Waals surface area contributed by atoms with Crippen molar-refractivity contribution in [2.45, 2.75) is 52.0 Å². The first-order chi connectivity index (χ1) is 7.40. The van der Waals surface area contributed by atoms with Crippen LogP contribution in [0.5, 0.6) is 0 Å². The third-order valence-corrected chi connectivity index (χ3v) is 4.20. The van der Waals surface area contributed by atoms with Gasteiger partial charge in [0.2, 0.25) is 0 Å². The Bertz CT molecular complexity index is 207. The first-order valence-corrected chi connectivity index (χ1v) is 7.15. The Labute approximate surface area is 103 Å². The average Bonchev–Trinajstić information content (AvgIpc) is 2.22. The van der Waals surface area contributed by atoms with Crippen molar-refractivity contribution in [3.63, 3.8) is 0 Å². The van der Waals surface area contributed by atoms with Gasteiger partial charge in [0.05, 0.1) is 0 Å². The van der Waals surface area contributed by atoms with Crippen LogP contribution in [-0.4, -0.2) is 28.1 Å². The smallest absolute Gasteiger partial charge is 0.323 e. The number of hydrogen-bond donors (Lipinski definition) is 2. The molecule has 0 aromatic carbocycles. The van der Waals surface area contributed by atoms with Gasteiger partial charge < -0.3 is 10.8 Å². The minimum Gasteiger partial charge on any atom is -0.480 e. The zero-order valence-electron chi connectivity index (χ0n) is 10.7. The fourth-order valence-corrected chi connectivity index (χ4v) is 2.42. The molecule has 0 bridgehead atoms. The molecule has 0 saturated carbocycles. The summed E-state index contributed by atoms with van der Waals surface area (Å²) >= 11 is 1.96. The van der Waals surface area contributed by atoms with Gasteiger partial charge in [0, 0.05) is 0 Å². The largest absolute Gasteiger partial charge is 0.480 e. The highest BCUT2D eigenvalue weighted by atomic mass is 32.2. The van der Waals surface area contributed by atoms with Gasteiger partial charge in [-0.3, -0.25) is 4.79 Å². The molecule has 0 spiro atoms. The first-order valence-electron chi connectivity index (χ1n) is 6.00. The number of rotatable bonds is 9. The van der Waals surface area contributed by atoms with E-state index in [1.54, 1.807) is 6.92 Å². The molecule has 3 N–H and O–H groups in total. The summed E-state index contributed by atoms with van der Waals surface area (Å²) in [6.45, 7) is 6.05. The molecular formula is C12H25NO2S. The zero-order valence-corrected chi connectivity index (χ0v) is 11.5. The first kappa shape index (κ1) is 15.8. The van der Waals surface area contributed by atoms with E-state index >= 15 is 0 Å². The summed E-state index contributed by atoms with van der Waals surface area (Å²) in [7, 11) is 0. The average molecular weight is 247 g/mol. The fourth-order valence-electron chi connectivity index (χ4n) is 1.21. The summed E-state index contributed by atoms with van der Waals surface area (Å²) in [5, 5.41) is 8.82. The lowest BCUT2D eigenvalue weighted by Crippen LogP contribution is -2.44. The Kier molecular flexibility index (Phi) is 7.85. The quantitative estimate of drug-likeness (QED) is 0.615. The van der Waals surface area contributed by atoms with Gasteiger partial charge in [0.25, 0.3) is 0 Å². The van der Waals surface area contributed by atoms with Crippen LogP contribution >= 0.6 is 11.8 Å². The fraction of sp³-hybridized carbons (Fsp3) is 0.917. The molecule has 0 aliphatic rings. The molecule has 0 fully saturated rings. The molecule has 0 aromatic rings. The van der Waals surface area contributed by atoms with Crippen LogP contribution in [0.3, 0.4) is 0 Å². The number of hydrogen-bond acceptors (Lipinski definition) is 3. The van der Waals surface area contributed by atoms with Crippen LogP contribution in [0.1, 0.15) is 46.5 Å². The Balaban J connectivity index is 3.44. The van der Waals surface area contributed by atoms with E-state index in [2.05, 4.69) is 13.8 Å². The number of thioether (sulfide) groups is 1. The van der Waals surface area contributed by atoms with Gasteiger partial charge in [-0.1, -0.05) is 26.7 Å². The van der Waals surface area contributed by atoms with Crippen molar-refractivity contribution in [2.75, 3.05) is 11.5 Å². The molecule has 0 aromatic heterocycles. The van der Waals surface area contributed by atoms with Crippen LogP contribution < -0.4 is 5.73 Å². The van der Waals surface area contributed by atoms with Gasteiger partial charge >= 0.3 is 5.97 Å². The van der Waals surface area contributed by atoms with Crippen molar-refractivity contribution in [1.29, 1.82) is 0 Å². The SMILES string of the molecule is CCC(C)CSCCCCC(C)(N)C(=O)O. The van der Waals surface area contributed by atoms with E-state index in [0.717, 1.165) is 24.5 Å². The summed E-state index contributed by atoms with van der Waals surface area (Å²) < 4.78 is 0. The van der Waals surface area contributed by atoms with Gasteiger partial charge in [-0.2, -0.15) is 11.8 Å². The molecule has 4 heteroatoms. The van der Waals surface area contributed by atoms with Crippen molar-refractivity contribution in [3.8, 4) is 0 Å². The predicted molar refractivity (Wildman–Crippen MR) is 70.9 cm³/mol. The van der Waals surface area contributed by atoms with E-state index in [4.69, 9.17) is 10.8 Å². The maximum absolute atomic E-state index is 10.7. The van der Waals surface area contributed by atoms with Crippen molar-refractivity contribution in [1.82, 2.24) is 0 Å². The summed E-state index contributed by atoms with van der Waals surface area (Å²) in [5.74, 6) is 2.19. The molecule has 0 rings (SSSR count). The van der Waals surface area contributed by atoms with Crippen LogP contribution in [-0.2, 0) is 4.79 Å². The number of carbonyl (C=O) groups is 1. The number of carboxylic acid groups (broad SMARTS) is 1. The lowest BCUT2D eigenvalue weighted by Gasteiger charge is -2.18. The molecule has 0 saturated heterocycles. The van der Waals surface area contributed by atoms with Crippen molar-refractivity contribution in [2.24, 2.45) is 11.7 Å². The third-order valence-electron chi connectivity index (χ3n) is 2.82. The van der Waals surface area contributed by atoms with Crippen molar-refractivity contribution >= 4 is 17.7 Å². The van der Waals surface area contributed by atoms with Crippen LogP contribution in [0.25, 0.3) is 0 Å². The molecular weight excluding hydrogens is 222 g/mol. The van der Waals surface area contributed by atoms with Crippen molar-refractivity contribution < 1.29 is 9.90 Å². The monoisotopic (exact) mass is 247 g/mol. The number of carboxylic acids is 1. The normalized spacial score (nSPS) is 16.8. The highest BCUT2D eigenvalue weighted by Gasteiger charge is 2.26. The van der Waals surface area contributed by atoms with Crippen LogP contribution in [0.2, 0.25) is 0 Å². The maximum Gasteiger partial charge on any atom is 0.323 e. The number of unbranched alkanes of at least 4 members (excludes halogenated alkanes) is 1. The van der Waals surface area contributed by atoms with Gasteiger partial charge in [0.1, 0.15) is 5.54 Å². The van der Waals surface area contributed by atoms with Crippen LogP contribution in [0.15, 0.2) is 0 Å². The number of aliphatic carboxylic acids is 1. The Morgan fingerprint density at radius 3 is 2.62 bits per heavy atom. The minimum atomic E-state index is -1.05. The van der Waals surface area contributed by atoms with E-state index in [1.165, 1.54) is 12.2 Å². The van der Waals surface area contributed by atoms with Gasteiger partial charge in [-0.15, -0.1) is 0 Å². The lowest BCUT2D eigenvalue weighted by atomic mass is 9.97. The highest BCUT2D eigenvalue weighted by Crippen LogP contribution is 2.16. The third kappa shape index (κ3) is 7.12. The molecule has 2 unspecified atom stereocenters. The molecule has 0 amide bonds. The molecule has 2 atom stereocenters. The number of nitrogens with two attached hydrogens (primary N) is 1. The van der Waals surface area contributed by atoms with Crippen molar-refractivity contribution in [3.05, 3.63) is 0 Å². The molecule has 96 valence electrons. The second kappa shape index (κ2) is 7.96. The molecule has 16 heavy (non-hydrogen) atoms. The van der Waals surface area contributed by atoms with Gasteiger partial charge in [0.15, 0.2) is 0 Å². The molecule has 0 heterocycles. The van der Waals surface area contributed by atoms with E-state index in [-0.39, 0.29) is 0 Å². The Hall–Kier alpha value is -0.220. The second-order valence-corrected chi connectivity index (χ2v) is 5.92. The van der Waals surface area contributed by atoms with Crippen LogP contribution in [0, 0.1) is 5.92 Å². The van der Waals surface area contributed by atoms with E-state index in [1.807, 2.05) is 11.8 Å². The summed E-state index contributed by atoms with van der Waals surface area (Å²) in [4.78, 5) is 10.7. The Morgan fingerprint density at radius 2 is 2.12 bits per heavy atom. The van der Waals surface area contributed by atoms with E-state index in [0.29, 0.717) is 6.42 Å². The highest BCUT2D eigenvalue weighted by molar-refractivity contribution is 7.99.